The van der Waals surface area contributed by atoms with E-state index in [0.29, 0.717) is 33.6 Å². The molecular weight excluding hydrogens is 633 g/mol. The van der Waals surface area contributed by atoms with Crippen molar-refractivity contribution < 1.29 is 22.7 Å². The molecular formula is C31H36Cl3N3O5S. The number of anilines is 1. The smallest absolute Gasteiger partial charge is 0.243 e. The maximum atomic E-state index is 13.9. The summed E-state index contributed by atoms with van der Waals surface area (Å²) in [4.78, 5) is 28.9. The van der Waals surface area contributed by atoms with Gasteiger partial charge in [-0.15, -0.1) is 0 Å². The number of carbonyl (C=O) groups is 2. The molecule has 0 bridgehead atoms. The largest absolute Gasteiger partial charge is 0.495 e. The van der Waals surface area contributed by atoms with Gasteiger partial charge in [0.05, 0.1) is 24.1 Å². The first-order valence-electron chi connectivity index (χ1n) is 13.8. The van der Waals surface area contributed by atoms with Gasteiger partial charge in [0.2, 0.25) is 21.8 Å². The van der Waals surface area contributed by atoms with Gasteiger partial charge in [0.15, 0.2) is 0 Å². The Labute approximate surface area is 268 Å². The normalized spacial score (nSPS) is 12.0. The zero-order chi connectivity index (χ0) is 31.6. The maximum absolute atomic E-state index is 13.9. The van der Waals surface area contributed by atoms with Gasteiger partial charge in [0, 0.05) is 48.1 Å². The van der Waals surface area contributed by atoms with Crippen molar-refractivity contribution in [2.24, 2.45) is 0 Å². The number of ether oxygens (including phenoxy) is 1. The van der Waals surface area contributed by atoms with Gasteiger partial charge in [0.1, 0.15) is 11.8 Å². The molecule has 1 unspecified atom stereocenters. The first kappa shape index (κ1) is 34.5. The molecule has 0 aliphatic carbocycles. The lowest BCUT2D eigenvalue weighted by molar-refractivity contribution is -0.141. The molecule has 12 heteroatoms. The van der Waals surface area contributed by atoms with Gasteiger partial charge >= 0.3 is 0 Å². The number of hydrogen-bond donors (Lipinski definition) is 1. The van der Waals surface area contributed by atoms with Crippen molar-refractivity contribution in [3.05, 3.63) is 92.9 Å². The predicted octanol–water partition coefficient (Wildman–Crippen LogP) is 6.37. The van der Waals surface area contributed by atoms with Gasteiger partial charge in [-0.1, -0.05) is 78.1 Å². The molecule has 0 spiro atoms. The number of nitrogens with zero attached hydrogens (tertiary/aromatic N) is 2. The van der Waals surface area contributed by atoms with E-state index in [-0.39, 0.29) is 49.2 Å². The lowest BCUT2D eigenvalue weighted by Crippen LogP contribution is -2.50. The van der Waals surface area contributed by atoms with Crippen LogP contribution in [0.25, 0.3) is 0 Å². The third-order valence-electron chi connectivity index (χ3n) is 6.79. The summed E-state index contributed by atoms with van der Waals surface area (Å²) in [6.45, 7) is 2.41. The van der Waals surface area contributed by atoms with E-state index in [1.54, 1.807) is 30.3 Å². The van der Waals surface area contributed by atoms with E-state index in [1.165, 1.54) is 22.4 Å². The average Bonchev–Trinajstić information content (AvgIpc) is 2.97. The highest BCUT2D eigenvalue weighted by Gasteiger charge is 2.31. The van der Waals surface area contributed by atoms with E-state index >= 15 is 0 Å². The molecule has 0 fully saturated rings. The number of halogens is 3. The summed E-state index contributed by atoms with van der Waals surface area (Å²) >= 11 is 19.2. The van der Waals surface area contributed by atoms with E-state index in [0.717, 1.165) is 18.2 Å². The van der Waals surface area contributed by atoms with Crippen molar-refractivity contribution in [2.45, 2.75) is 45.2 Å². The fourth-order valence-corrected chi connectivity index (χ4v) is 6.31. The zero-order valence-corrected chi connectivity index (χ0v) is 27.4. The Hall–Kier alpha value is -2.98. The van der Waals surface area contributed by atoms with E-state index in [9.17, 15) is 18.0 Å². The molecule has 3 rings (SSSR count). The minimum atomic E-state index is -3.70. The molecule has 43 heavy (non-hydrogen) atoms. The quantitative estimate of drug-likeness (QED) is 0.203. The van der Waals surface area contributed by atoms with Crippen LogP contribution in [-0.2, 0) is 32.6 Å². The number of carbonyl (C=O) groups excluding carboxylic acids is 2. The van der Waals surface area contributed by atoms with Crippen LogP contribution in [0.2, 0.25) is 15.1 Å². The third-order valence-corrected chi connectivity index (χ3v) is 8.98. The molecule has 0 saturated heterocycles. The first-order chi connectivity index (χ1) is 20.5. The summed E-state index contributed by atoms with van der Waals surface area (Å²) in [5.41, 5.74) is 1.74. The molecule has 0 saturated carbocycles. The molecule has 1 N–H and O–H groups in total. The van der Waals surface area contributed by atoms with Crippen molar-refractivity contribution in [3.63, 3.8) is 0 Å². The molecule has 2 amide bonds. The van der Waals surface area contributed by atoms with E-state index in [4.69, 9.17) is 39.5 Å². The topological polar surface area (TPSA) is 96.0 Å². The van der Waals surface area contributed by atoms with E-state index < -0.39 is 16.1 Å². The number of sulfonamides is 1. The summed E-state index contributed by atoms with van der Waals surface area (Å²) in [5.74, 6) is -0.230. The van der Waals surface area contributed by atoms with E-state index in [2.05, 4.69) is 5.32 Å². The van der Waals surface area contributed by atoms with Crippen molar-refractivity contribution in [3.8, 4) is 5.75 Å². The van der Waals surface area contributed by atoms with Gasteiger partial charge < -0.3 is 15.0 Å². The minimum absolute atomic E-state index is 0.00172. The predicted molar refractivity (Wildman–Crippen MR) is 174 cm³/mol. The van der Waals surface area contributed by atoms with Crippen LogP contribution < -0.4 is 14.4 Å². The summed E-state index contributed by atoms with van der Waals surface area (Å²) in [6, 6.07) is 18.3. The Kier molecular flexibility index (Phi) is 13.0. The second-order valence-corrected chi connectivity index (χ2v) is 13.1. The fraction of sp³-hybridized carbons (Fsp3) is 0.355. The van der Waals surface area contributed by atoms with Crippen molar-refractivity contribution in [1.29, 1.82) is 0 Å². The lowest BCUT2D eigenvalue weighted by Gasteiger charge is -2.32. The number of benzene rings is 3. The first-order valence-corrected chi connectivity index (χ1v) is 16.8. The molecule has 1 atom stereocenters. The Morgan fingerprint density at radius 3 is 2.21 bits per heavy atom. The Morgan fingerprint density at radius 1 is 0.953 bits per heavy atom. The Morgan fingerprint density at radius 2 is 1.63 bits per heavy atom. The highest BCUT2D eigenvalue weighted by Crippen LogP contribution is 2.31. The van der Waals surface area contributed by atoms with Crippen LogP contribution in [-0.4, -0.2) is 57.6 Å². The standard InChI is InChI=1S/C31H36Cl3N3O5S/c1-4-17-35-31(39)28(19-22-10-6-5-7-11-22)36(21-24-25(32)12-8-13-26(24)33)30(38)14-9-18-37(43(3,40)41)23-15-16-29(42-2)27(34)20-23/h5-8,10-13,15-16,20,28H,4,9,14,17-19,21H2,1-3H3,(H,35,39). The molecule has 0 aromatic heterocycles. The van der Waals surface area contributed by atoms with Crippen LogP contribution in [0.5, 0.6) is 5.75 Å². The SMILES string of the molecule is CCCNC(=O)C(Cc1ccccc1)N(Cc1c(Cl)cccc1Cl)C(=O)CCCN(c1ccc(OC)c(Cl)c1)S(C)(=O)=O. The maximum Gasteiger partial charge on any atom is 0.243 e. The minimum Gasteiger partial charge on any atom is -0.495 e. The summed E-state index contributed by atoms with van der Waals surface area (Å²) < 4.78 is 31.8. The van der Waals surface area contributed by atoms with Gasteiger partial charge in [0.25, 0.3) is 0 Å². The number of amides is 2. The molecule has 0 heterocycles. The van der Waals surface area contributed by atoms with Crippen LogP contribution in [0, 0.1) is 0 Å². The van der Waals surface area contributed by atoms with Gasteiger partial charge in [-0.2, -0.15) is 0 Å². The van der Waals surface area contributed by atoms with Crippen LogP contribution >= 0.6 is 34.8 Å². The molecule has 3 aromatic rings. The van der Waals surface area contributed by atoms with Gasteiger partial charge in [-0.25, -0.2) is 8.42 Å². The van der Waals surface area contributed by atoms with Crippen LogP contribution in [0.15, 0.2) is 66.7 Å². The summed E-state index contributed by atoms with van der Waals surface area (Å²) in [7, 11) is -2.23. The average molecular weight is 669 g/mol. The molecule has 3 aromatic carbocycles. The van der Waals surface area contributed by atoms with Crippen LogP contribution in [0.1, 0.15) is 37.3 Å². The molecule has 232 valence electrons. The number of hydrogen-bond acceptors (Lipinski definition) is 5. The Balaban J connectivity index is 1.92. The molecule has 0 aliphatic heterocycles. The second kappa shape index (κ2) is 16.2. The lowest BCUT2D eigenvalue weighted by atomic mass is 10.0. The number of rotatable bonds is 15. The van der Waals surface area contributed by atoms with Crippen molar-refractivity contribution in [2.75, 3.05) is 30.8 Å². The van der Waals surface area contributed by atoms with Crippen molar-refractivity contribution >= 4 is 62.3 Å². The highest BCUT2D eigenvalue weighted by molar-refractivity contribution is 7.92. The van der Waals surface area contributed by atoms with E-state index in [1.807, 2.05) is 37.3 Å². The van der Waals surface area contributed by atoms with Crippen molar-refractivity contribution in [1.82, 2.24) is 10.2 Å². The fourth-order valence-electron chi connectivity index (χ4n) is 4.59. The number of nitrogens with one attached hydrogen (secondary N) is 1. The third kappa shape index (κ3) is 9.76. The molecule has 0 radical (unpaired) electrons. The zero-order valence-electron chi connectivity index (χ0n) is 24.4. The van der Waals surface area contributed by atoms with Gasteiger partial charge in [-0.3, -0.25) is 13.9 Å². The molecule has 8 nitrogen and oxygen atoms in total. The highest BCUT2D eigenvalue weighted by atomic mass is 35.5. The Bertz CT molecular complexity index is 1490. The monoisotopic (exact) mass is 667 g/mol. The second-order valence-electron chi connectivity index (χ2n) is 9.98. The van der Waals surface area contributed by atoms with Crippen LogP contribution in [0.4, 0.5) is 5.69 Å². The number of methoxy groups -OCH3 is 1. The summed E-state index contributed by atoms with van der Waals surface area (Å²) in [6.07, 6.45) is 2.22. The molecule has 0 aliphatic rings. The van der Waals surface area contributed by atoms with Gasteiger partial charge in [-0.05, 0) is 48.7 Å². The van der Waals surface area contributed by atoms with Crippen LogP contribution in [0.3, 0.4) is 0 Å². The summed E-state index contributed by atoms with van der Waals surface area (Å²) in [5, 5.41) is 3.93.